The van der Waals surface area contributed by atoms with Gasteiger partial charge in [-0.05, 0) is 128 Å². The van der Waals surface area contributed by atoms with Gasteiger partial charge in [0.15, 0.2) is 0 Å². The first-order chi connectivity index (χ1) is 15.9. The average molecular weight is 469 g/mol. The molecule has 2 nitrogen and oxygen atoms in total. The van der Waals surface area contributed by atoms with Crippen molar-refractivity contribution < 1.29 is 9.53 Å². The summed E-state index contributed by atoms with van der Waals surface area (Å²) < 4.78 is 5.80. The van der Waals surface area contributed by atoms with Crippen LogP contribution in [0.5, 0.6) is 0 Å². The molecule has 0 bridgehead atoms. The summed E-state index contributed by atoms with van der Waals surface area (Å²) in [7, 11) is 0. The quantitative estimate of drug-likeness (QED) is 0.288. The lowest BCUT2D eigenvalue weighted by atomic mass is 9.43. The van der Waals surface area contributed by atoms with Crippen LogP contribution in [0, 0.1) is 57.2 Å². The number of ether oxygens (including phenoxy) is 1. The van der Waals surface area contributed by atoms with Crippen LogP contribution in [0.2, 0.25) is 0 Å². The van der Waals surface area contributed by atoms with Crippen molar-refractivity contribution >= 4 is 5.97 Å². The topological polar surface area (TPSA) is 26.3 Å². The van der Waals surface area contributed by atoms with E-state index >= 15 is 0 Å². The molecule has 0 N–H and O–H groups in total. The summed E-state index contributed by atoms with van der Waals surface area (Å²) in [5.74, 6) is 4.43. The van der Waals surface area contributed by atoms with Crippen LogP contribution in [-0.2, 0) is 9.53 Å². The number of carbonyl (C=O) groups excluding carboxylic acids is 1. The van der Waals surface area contributed by atoms with Crippen molar-refractivity contribution in [3.05, 3.63) is 12.2 Å². The number of allylic oxidation sites excluding steroid dienone is 1. The molecule has 0 unspecified atom stereocenters. The predicted octanol–water partition coefficient (Wildman–Crippen LogP) is 8.60. The minimum Gasteiger partial charge on any atom is -0.462 e. The lowest BCUT2D eigenvalue weighted by molar-refractivity contribution is -0.165. The van der Waals surface area contributed by atoms with E-state index in [0.717, 1.165) is 30.1 Å². The summed E-state index contributed by atoms with van der Waals surface area (Å²) in [6.45, 7) is 21.0. The van der Waals surface area contributed by atoms with Crippen LogP contribution in [0.3, 0.4) is 0 Å². The molecular weight excluding hydrogens is 416 g/mol. The Labute approximate surface area is 210 Å². The van der Waals surface area contributed by atoms with E-state index in [9.17, 15) is 4.79 Å². The molecule has 2 spiro atoms. The number of esters is 1. The third-order valence-electron chi connectivity index (χ3n) is 13.4. The second-order valence-corrected chi connectivity index (χ2v) is 14.6. The van der Waals surface area contributed by atoms with Crippen molar-refractivity contribution in [1.82, 2.24) is 0 Å². The molecule has 34 heavy (non-hydrogen) atoms. The number of hydrogen-bond donors (Lipinski definition) is 0. The van der Waals surface area contributed by atoms with Crippen molar-refractivity contribution in [2.75, 3.05) is 0 Å². The molecule has 5 aliphatic rings. The Morgan fingerprint density at radius 1 is 0.971 bits per heavy atom. The molecule has 0 aromatic heterocycles. The van der Waals surface area contributed by atoms with E-state index in [-0.39, 0.29) is 12.1 Å². The van der Waals surface area contributed by atoms with Crippen LogP contribution in [0.15, 0.2) is 12.2 Å². The van der Waals surface area contributed by atoms with E-state index in [4.69, 9.17) is 4.74 Å². The zero-order valence-electron chi connectivity index (χ0n) is 23.3. The Kier molecular flexibility index (Phi) is 5.93. The molecule has 0 saturated heterocycles. The van der Waals surface area contributed by atoms with Gasteiger partial charge in [-0.1, -0.05) is 53.7 Å². The van der Waals surface area contributed by atoms with Crippen molar-refractivity contribution in [3.8, 4) is 0 Å². The van der Waals surface area contributed by atoms with E-state index in [0.29, 0.717) is 33.5 Å². The smallest absolute Gasteiger partial charge is 0.302 e. The van der Waals surface area contributed by atoms with Gasteiger partial charge < -0.3 is 4.74 Å². The van der Waals surface area contributed by atoms with E-state index in [1.807, 2.05) is 0 Å². The molecule has 0 aliphatic heterocycles. The molecule has 5 aliphatic carbocycles. The number of rotatable bonds is 6. The molecule has 0 amide bonds. The summed E-state index contributed by atoms with van der Waals surface area (Å²) in [6.07, 6.45) is 15.1. The summed E-state index contributed by atoms with van der Waals surface area (Å²) in [5, 5.41) is 0. The highest BCUT2D eigenvalue weighted by atomic mass is 16.5. The fourth-order valence-electron chi connectivity index (χ4n) is 11.2. The lowest BCUT2D eigenvalue weighted by Crippen LogP contribution is -2.56. The van der Waals surface area contributed by atoms with Crippen LogP contribution >= 0.6 is 0 Å². The Bertz CT molecular complexity index is 844. The molecular formula is C32H52O2. The first-order valence-electron chi connectivity index (χ1n) is 14.8. The van der Waals surface area contributed by atoms with Gasteiger partial charge in [-0.15, -0.1) is 0 Å². The number of fused-ring (bicyclic) bond motifs is 2. The third kappa shape index (κ3) is 3.21. The van der Waals surface area contributed by atoms with Gasteiger partial charge in [0.1, 0.15) is 6.10 Å². The van der Waals surface area contributed by atoms with Crippen LogP contribution in [0.25, 0.3) is 0 Å². The normalized spacial score (nSPS) is 49.9. The van der Waals surface area contributed by atoms with Crippen molar-refractivity contribution in [2.24, 2.45) is 57.2 Å². The van der Waals surface area contributed by atoms with Crippen molar-refractivity contribution in [2.45, 2.75) is 125 Å². The molecule has 2 heteroatoms. The molecule has 5 fully saturated rings. The standard InChI is InChI=1S/C32H52O2/c1-20(2)21(3)9-10-22(4)25-13-15-30(8)28-12-11-26-23(5)27(34-24(6)33)14-16-31(26)19-32(28,31)18-17-29(25,30)7/h20,22-23,25-28H,3,9-19H2,1-2,4-8H3/t22-,23-,25-,26+,27+,28+,29-,30+,31-,32+/m1/s1. The van der Waals surface area contributed by atoms with Gasteiger partial charge >= 0.3 is 5.97 Å². The van der Waals surface area contributed by atoms with Gasteiger partial charge in [0.2, 0.25) is 0 Å². The highest BCUT2D eigenvalue weighted by Crippen LogP contribution is 2.88. The first-order valence-corrected chi connectivity index (χ1v) is 14.8. The first kappa shape index (κ1) is 24.9. The monoisotopic (exact) mass is 468 g/mol. The molecule has 5 saturated carbocycles. The van der Waals surface area contributed by atoms with Crippen LogP contribution in [0.4, 0.5) is 0 Å². The van der Waals surface area contributed by atoms with Gasteiger partial charge in [-0.25, -0.2) is 0 Å². The van der Waals surface area contributed by atoms with Crippen LogP contribution in [0.1, 0.15) is 119 Å². The fraction of sp³-hybridized carbons (Fsp3) is 0.906. The Morgan fingerprint density at radius 3 is 2.38 bits per heavy atom. The molecule has 0 radical (unpaired) electrons. The summed E-state index contributed by atoms with van der Waals surface area (Å²) in [5.41, 5.74) is 3.61. The highest BCUT2D eigenvalue weighted by Gasteiger charge is 2.81. The van der Waals surface area contributed by atoms with Crippen LogP contribution in [-0.4, -0.2) is 12.1 Å². The molecule has 0 aromatic rings. The molecule has 5 rings (SSSR count). The zero-order valence-corrected chi connectivity index (χ0v) is 23.3. The second kappa shape index (κ2) is 8.11. The number of carbonyl (C=O) groups is 1. The molecule has 10 atom stereocenters. The van der Waals surface area contributed by atoms with E-state index in [1.54, 1.807) is 6.92 Å². The summed E-state index contributed by atoms with van der Waals surface area (Å²) >= 11 is 0. The van der Waals surface area contributed by atoms with Crippen molar-refractivity contribution in [1.29, 1.82) is 0 Å². The summed E-state index contributed by atoms with van der Waals surface area (Å²) in [6, 6.07) is 0. The third-order valence-corrected chi connectivity index (χ3v) is 13.4. The van der Waals surface area contributed by atoms with E-state index in [2.05, 4.69) is 48.1 Å². The molecule has 0 heterocycles. The van der Waals surface area contributed by atoms with Crippen molar-refractivity contribution in [3.63, 3.8) is 0 Å². The Morgan fingerprint density at radius 2 is 1.71 bits per heavy atom. The van der Waals surface area contributed by atoms with Crippen LogP contribution < -0.4 is 0 Å². The maximum Gasteiger partial charge on any atom is 0.302 e. The minimum absolute atomic E-state index is 0.0870. The molecule has 192 valence electrons. The second-order valence-electron chi connectivity index (χ2n) is 14.6. The fourth-order valence-corrected chi connectivity index (χ4v) is 11.2. The maximum atomic E-state index is 11.7. The van der Waals surface area contributed by atoms with E-state index < -0.39 is 0 Å². The predicted molar refractivity (Wildman–Crippen MR) is 140 cm³/mol. The van der Waals surface area contributed by atoms with Gasteiger partial charge in [0, 0.05) is 6.92 Å². The summed E-state index contributed by atoms with van der Waals surface area (Å²) in [4.78, 5) is 11.7. The lowest BCUT2D eigenvalue weighted by Gasteiger charge is -2.62. The maximum absolute atomic E-state index is 11.7. The SMILES string of the molecule is C=C(CC[C@@H](C)[C@H]1CC[C@@]2(C)[C@@H]3CC[C@H]4[C@@H](C)[C@@H](OC(C)=O)CC[C@@]45C[C@@]35CC[C@]12C)C(C)C. The van der Waals surface area contributed by atoms with Gasteiger partial charge in [-0.3, -0.25) is 4.79 Å². The van der Waals surface area contributed by atoms with Gasteiger partial charge in [0.25, 0.3) is 0 Å². The van der Waals surface area contributed by atoms with Gasteiger partial charge in [-0.2, -0.15) is 0 Å². The largest absolute Gasteiger partial charge is 0.462 e. The highest BCUT2D eigenvalue weighted by molar-refractivity contribution is 5.66. The Balaban J connectivity index is 1.35. The van der Waals surface area contributed by atoms with Gasteiger partial charge in [0.05, 0.1) is 0 Å². The number of hydrogen-bond acceptors (Lipinski definition) is 2. The molecule has 0 aromatic carbocycles. The minimum atomic E-state index is -0.0870. The Hall–Kier alpha value is -0.790. The zero-order chi connectivity index (χ0) is 24.7. The van der Waals surface area contributed by atoms with E-state index in [1.165, 1.54) is 69.8 Å². The average Bonchev–Trinajstić information content (AvgIpc) is 3.36.